The molecule has 2 aliphatic rings. The minimum Gasteiger partial charge on any atom is -0.359 e. The molecule has 0 spiro atoms. The Morgan fingerprint density at radius 3 is 2.60 bits per heavy atom. The second-order valence-electron chi connectivity index (χ2n) is 7.18. The topological polar surface area (TPSA) is 39.3 Å². The average Bonchev–Trinajstić information content (AvgIpc) is 3.07. The molecule has 0 unspecified atom stereocenters. The Labute approximate surface area is 149 Å². The maximum Gasteiger partial charge on any atom is 0.260 e. The van der Waals surface area contributed by atoms with Gasteiger partial charge in [-0.3, -0.25) is 14.6 Å². The van der Waals surface area contributed by atoms with Crippen molar-refractivity contribution < 1.29 is 4.79 Å². The normalized spacial score (nSPS) is 19.7. The van der Waals surface area contributed by atoms with Crippen molar-refractivity contribution in [2.45, 2.75) is 33.1 Å². The lowest BCUT2D eigenvalue weighted by atomic mass is 10.1. The largest absolute Gasteiger partial charge is 0.359 e. The van der Waals surface area contributed by atoms with Crippen molar-refractivity contribution in [1.29, 1.82) is 0 Å². The Morgan fingerprint density at radius 2 is 1.88 bits per heavy atom. The molecule has 0 saturated carbocycles. The minimum absolute atomic E-state index is 0.110. The second kappa shape index (κ2) is 6.52. The molecule has 0 aliphatic carbocycles. The minimum atomic E-state index is 0.110. The van der Waals surface area contributed by atoms with Gasteiger partial charge in [0.05, 0.1) is 17.9 Å². The molecule has 2 aromatic rings. The number of aromatic amines is 1. The zero-order valence-electron chi connectivity index (χ0n) is 15.0. The Morgan fingerprint density at radius 1 is 1.12 bits per heavy atom. The number of anilines is 1. The van der Waals surface area contributed by atoms with Crippen LogP contribution in [-0.4, -0.2) is 35.5 Å². The van der Waals surface area contributed by atoms with Crippen molar-refractivity contribution in [1.82, 2.24) is 9.88 Å². The standard InChI is InChI=1S/C21H25N3O/c1-15-12-16(2)22-19(15)13-18-17-8-4-5-9-20(17)24(21(18)25)14-23-10-6-3-7-11-23/h4-5,8-9,12-13,22H,3,6-7,10-11,14H2,1-2H3. The zero-order chi connectivity index (χ0) is 17.4. The molecule has 3 heterocycles. The first-order valence-corrected chi connectivity index (χ1v) is 9.15. The van der Waals surface area contributed by atoms with Gasteiger partial charge in [-0.2, -0.15) is 0 Å². The molecule has 4 heteroatoms. The van der Waals surface area contributed by atoms with E-state index in [-0.39, 0.29) is 5.91 Å². The van der Waals surface area contributed by atoms with Crippen LogP contribution in [0.5, 0.6) is 0 Å². The molecule has 1 fully saturated rings. The van der Waals surface area contributed by atoms with Gasteiger partial charge >= 0.3 is 0 Å². The summed E-state index contributed by atoms with van der Waals surface area (Å²) in [4.78, 5) is 20.9. The highest BCUT2D eigenvalue weighted by atomic mass is 16.2. The summed E-state index contributed by atoms with van der Waals surface area (Å²) in [6.07, 6.45) is 5.78. The van der Waals surface area contributed by atoms with E-state index in [0.29, 0.717) is 6.67 Å². The molecule has 1 N–H and O–H groups in total. The number of piperidine rings is 1. The fourth-order valence-corrected chi connectivity index (χ4v) is 3.93. The summed E-state index contributed by atoms with van der Waals surface area (Å²) >= 11 is 0. The molecule has 0 radical (unpaired) electrons. The third-order valence-electron chi connectivity index (χ3n) is 5.23. The molecule has 4 rings (SSSR count). The number of fused-ring (bicyclic) bond motifs is 1. The molecular formula is C21H25N3O. The molecule has 1 amide bonds. The van der Waals surface area contributed by atoms with E-state index < -0.39 is 0 Å². The van der Waals surface area contributed by atoms with Crippen LogP contribution in [0.3, 0.4) is 0 Å². The lowest BCUT2D eigenvalue weighted by Gasteiger charge is -2.30. The summed E-state index contributed by atoms with van der Waals surface area (Å²) in [5.74, 6) is 0.110. The highest BCUT2D eigenvalue weighted by Crippen LogP contribution is 2.38. The van der Waals surface area contributed by atoms with E-state index in [1.54, 1.807) is 0 Å². The zero-order valence-corrected chi connectivity index (χ0v) is 15.0. The van der Waals surface area contributed by atoms with Crippen molar-refractivity contribution >= 4 is 23.2 Å². The first kappa shape index (κ1) is 16.2. The third kappa shape index (κ3) is 3.02. The Balaban J connectivity index is 1.69. The van der Waals surface area contributed by atoms with Gasteiger partial charge < -0.3 is 4.98 Å². The van der Waals surface area contributed by atoms with Crippen LogP contribution < -0.4 is 4.90 Å². The lowest BCUT2D eigenvalue weighted by Crippen LogP contribution is -2.42. The maximum absolute atomic E-state index is 13.2. The van der Waals surface area contributed by atoms with Gasteiger partial charge in [-0.05, 0) is 63.6 Å². The lowest BCUT2D eigenvalue weighted by molar-refractivity contribution is -0.113. The van der Waals surface area contributed by atoms with Gasteiger partial charge in [-0.25, -0.2) is 0 Å². The summed E-state index contributed by atoms with van der Waals surface area (Å²) < 4.78 is 0. The SMILES string of the molecule is Cc1cc(C)c(C=C2C(=O)N(CN3CCCCC3)c3ccccc32)[nH]1. The monoisotopic (exact) mass is 335 g/mol. The van der Waals surface area contributed by atoms with Crippen LogP contribution in [0.15, 0.2) is 30.3 Å². The van der Waals surface area contributed by atoms with Crippen molar-refractivity contribution in [3.8, 4) is 0 Å². The van der Waals surface area contributed by atoms with Crippen LogP contribution in [-0.2, 0) is 4.79 Å². The quantitative estimate of drug-likeness (QED) is 0.862. The number of aromatic nitrogens is 1. The Hall–Kier alpha value is -2.33. The van der Waals surface area contributed by atoms with Crippen LogP contribution in [0.25, 0.3) is 11.6 Å². The molecule has 0 atom stereocenters. The number of nitrogens with zero attached hydrogens (tertiary/aromatic N) is 2. The van der Waals surface area contributed by atoms with E-state index in [0.717, 1.165) is 41.3 Å². The smallest absolute Gasteiger partial charge is 0.260 e. The molecular weight excluding hydrogens is 310 g/mol. The number of carbonyl (C=O) groups excluding carboxylic acids is 1. The van der Waals surface area contributed by atoms with Crippen molar-refractivity contribution in [3.63, 3.8) is 0 Å². The summed E-state index contributed by atoms with van der Waals surface area (Å²) in [7, 11) is 0. The number of hydrogen-bond donors (Lipinski definition) is 1. The average molecular weight is 335 g/mol. The summed E-state index contributed by atoms with van der Waals surface area (Å²) in [5, 5.41) is 0. The van der Waals surface area contributed by atoms with Gasteiger partial charge in [0, 0.05) is 17.0 Å². The van der Waals surface area contributed by atoms with Crippen LogP contribution in [0.1, 0.15) is 41.8 Å². The van der Waals surface area contributed by atoms with E-state index in [4.69, 9.17) is 0 Å². The molecule has 0 bridgehead atoms. The number of para-hydroxylation sites is 1. The molecule has 4 nitrogen and oxygen atoms in total. The fraction of sp³-hybridized carbons (Fsp3) is 0.381. The number of aryl methyl sites for hydroxylation is 2. The number of hydrogen-bond acceptors (Lipinski definition) is 2. The number of carbonyl (C=O) groups is 1. The number of H-pyrrole nitrogens is 1. The van der Waals surface area contributed by atoms with Crippen LogP contribution in [0.4, 0.5) is 5.69 Å². The number of amides is 1. The van der Waals surface area contributed by atoms with Crippen LogP contribution in [0.2, 0.25) is 0 Å². The van der Waals surface area contributed by atoms with E-state index in [2.05, 4.69) is 35.0 Å². The summed E-state index contributed by atoms with van der Waals surface area (Å²) in [6, 6.07) is 10.3. The number of rotatable bonds is 3. The molecule has 1 aromatic heterocycles. The first-order valence-electron chi connectivity index (χ1n) is 9.15. The first-order chi connectivity index (χ1) is 12.1. The van der Waals surface area contributed by atoms with Gasteiger partial charge in [0.25, 0.3) is 5.91 Å². The summed E-state index contributed by atoms with van der Waals surface area (Å²) in [6.45, 7) is 6.98. The van der Waals surface area contributed by atoms with Crippen molar-refractivity contribution in [2.75, 3.05) is 24.7 Å². The van der Waals surface area contributed by atoms with E-state index >= 15 is 0 Å². The van der Waals surface area contributed by atoms with Gasteiger partial charge in [0.15, 0.2) is 0 Å². The van der Waals surface area contributed by atoms with Crippen LogP contribution in [0, 0.1) is 13.8 Å². The molecule has 1 saturated heterocycles. The summed E-state index contributed by atoms with van der Waals surface area (Å²) in [5.41, 5.74) is 6.17. The molecule has 130 valence electrons. The Bertz CT molecular complexity index is 827. The molecule has 25 heavy (non-hydrogen) atoms. The van der Waals surface area contributed by atoms with E-state index in [9.17, 15) is 4.79 Å². The van der Waals surface area contributed by atoms with Gasteiger partial charge in [0.1, 0.15) is 0 Å². The number of nitrogens with one attached hydrogen (secondary N) is 1. The van der Waals surface area contributed by atoms with Crippen molar-refractivity contribution in [3.05, 3.63) is 52.8 Å². The predicted molar refractivity (Wildman–Crippen MR) is 102 cm³/mol. The molecule has 2 aliphatic heterocycles. The number of likely N-dealkylation sites (tertiary alicyclic amines) is 1. The second-order valence-corrected chi connectivity index (χ2v) is 7.18. The van der Waals surface area contributed by atoms with E-state index in [1.165, 1.54) is 24.8 Å². The van der Waals surface area contributed by atoms with E-state index in [1.807, 2.05) is 30.0 Å². The number of benzene rings is 1. The van der Waals surface area contributed by atoms with Gasteiger partial charge in [0.2, 0.25) is 0 Å². The maximum atomic E-state index is 13.2. The van der Waals surface area contributed by atoms with Gasteiger partial charge in [-0.1, -0.05) is 24.6 Å². The Kier molecular flexibility index (Phi) is 4.22. The fourth-order valence-electron chi connectivity index (χ4n) is 3.93. The third-order valence-corrected chi connectivity index (χ3v) is 5.23. The highest BCUT2D eigenvalue weighted by molar-refractivity contribution is 6.35. The van der Waals surface area contributed by atoms with Crippen LogP contribution >= 0.6 is 0 Å². The van der Waals surface area contributed by atoms with Crippen molar-refractivity contribution in [2.24, 2.45) is 0 Å². The molecule has 1 aromatic carbocycles. The highest BCUT2D eigenvalue weighted by Gasteiger charge is 2.33. The predicted octanol–water partition coefficient (Wildman–Crippen LogP) is 3.96. The van der Waals surface area contributed by atoms with Gasteiger partial charge in [-0.15, -0.1) is 0 Å².